The minimum absolute atomic E-state index is 0.537. The van der Waals surface area contributed by atoms with Crippen LogP contribution in [0.25, 0.3) is 0 Å². The maximum atomic E-state index is 5.67. The third-order valence-electron chi connectivity index (χ3n) is 2.54. The van der Waals surface area contributed by atoms with Gasteiger partial charge in [0.2, 0.25) is 0 Å². The van der Waals surface area contributed by atoms with E-state index in [0.29, 0.717) is 5.92 Å². The Morgan fingerprint density at radius 1 is 1.50 bits per heavy atom. The molecular formula is C10H20N4. The molecule has 4 nitrogen and oxygen atoms in total. The molecule has 14 heavy (non-hydrogen) atoms. The van der Waals surface area contributed by atoms with Gasteiger partial charge in [-0.25, -0.2) is 0 Å². The second-order valence-electron chi connectivity index (χ2n) is 3.65. The molecule has 1 heterocycles. The lowest BCUT2D eigenvalue weighted by molar-refractivity contribution is 0.486. The fraction of sp³-hybridized carbons (Fsp3) is 0.800. The second-order valence-corrected chi connectivity index (χ2v) is 3.65. The van der Waals surface area contributed by atoms with Crippen molar-refractivity contribution >= 4 is 0 Å². The van der Waals surface area contributed by atoms with Crippen LogP contribution in [0.15, 0.2) is 6.33 Å². The quantitative estimate of drug-likeness (QED) is 0.744. The summed E-state index contributed by atoms with van der Waals surface area (Å²) in [4.78, 5) is 0. The van der Waals surface area contributed by atoms with E-state index in [0.717, 1.165) is 38.2 Å². The first-order valence-electron chi connectivity index (χ1n) is 5.38. The number of aromatic nitrogens is 3. The monoisotopic (exact) mass is 196 g/mol. The molecule has 0 saturated heterocycles. The third kappa shape index (κ3) is 2.80. The summed E-state index contributed by atoms with van der Waals surface area (Å²) in [6.07, 6.45) is 4.98. The first-order valence-corrected chi connectivity index (χ1v) is 5.38. The van der Waals surface area contributed by atoms with E-state index >= 15 is 0 Å². The molecule has 0 fully saturated rings. The van der Waals surface area contributed by atoms with Crippen molar-refractivity contribution in [2.75, 3.05) is 6.54 Å². The van der Waals surface area contributed by atoms with Gasteiger partial charge in [-0.2, -0.15) is 0 Å². The molecule has 1 aromatic heterocycles. The highest BCUT2D eigenvalue weighted by Crippen LogP contribution is 2.09. The van der Waals surface area contributed by atoms with Crippen molar-refractivity contribution in [3.05, 3.63) is 12.2 Å². The molecule has 0 radical (unpaired) electrons. The van der Waals surface area contributed by atoms with E-state index in [4.69, 9.17) is 5.73 Å². The highest BCUT2D eigenvalue weighted by molar-refractivity contribution is 4.88. The Bertz CT molecular complexity index is 252. The molecule has 1 aromatic rings. The summed E-state index contributed by atoms with van der Waals surface area (Å²) in [5.74, 6) is 1.61. The van der Waals surface area contributed by atoms with Crippen LogP contribution in [0.4, 0.5) is 0 Å². The maximum absolute atomic E-state index is 5.67. The Kier molecular flexibility index (Phi) is 4.59. The molecule has 4 heteroatoms. The van der Waals surface area contributed by atoms with Gasteiger partial charge in [0, 0.05) is 13.0 Å². The van der Waals surface area contributed by atoms with Crippen molar-refractivity contribution in [1.29, 1.82) is 0 Å². The molecular weight excluding hydrogens is 176 g/mol. The van der Waals surface area contributed by atoms with Crippen molar-refractivity contribution in [3.63, 3.8) is 0 Å². The zero-order valence-electron chi connectivity index (χ0n) is 9.11. The maximum Gasteiger partial charge on any atom is 0.133 e. The number of nitrogens with zero attached hydrogens (tertiary/aromatic N) is 3. The molecule has 0 spiro atoms. The van der Waals surface area contributed by atoms with Gasteiger partial charge in [-0.15, -0.1) is 10.2 Å². The minimum Gasteiger partial charge on any atom is -0.330 e. The summed E-state index contributed by atoms with van der Waals surface area (Å²) in [5, 5.41) is 8.06. The van der Waals surface area contributed by atoms with Gasteiger partial charge in [-0.3, -0.25) is 0 Å². The van der Waals surface area contributed by atoms with Gasteiger partial charge in [0.25, 0.3) is 0 Å². The Hall–Kier alpha value is -0.900. The van der Waals surface area contributed by atoms with Gasteiger partial charge in [-0.05, 0) is 18.9 Å². The first-order chi connectivity index (χ1) is 6.81. The predicted molar refractivity (Wildman–Crippen MR) is 56.9 cm³/mol. The molecule has 1 rings (SSSR count). The fourth-order valence-electron chi connectivity index (χ4n) is 1.52. The van der Waals surface area contributed by atoms with Crippen molar-refractivity contribution in [2.45, 2.75) is 39.7 Å². The van der Waals surface area contributed by atoms with E-state index in [9.17, 15) is 0 Å². The molecule has 0 amide bonds. The second kappa shape index (κ2) is 5.75. The Balaban J connectivity index is 2.60. The van der Waals surface area contributed by atoms with Gasteiger partial charge in [0.1, 0.15) is 12.2 Å². The summed E-state index contributed by atoms with van der Waals surface area (Å²) in [7, 11) is 0. The molecule has 80 valence electrons. The van der Waals surface area contributed by atoms with E-state index in [1.54, 1.807) is 0 Å². The number of nitrogens with two attached hydrogens (primary N) is 1. The zero-order chi connectivity index (χ0) is 10.4. The summed E-state index contributed by atoms with van der Waals surface area (Å²) in [5.41, 5.74) is 5.67. The van der Waals surface area contributed by atoms with Crippen LogP contribution in [-0.2, 0) is 13.0 Å². The molecule has 0 bridgehead atoms. The van der Waals surface area contributed by atoms with Crippen LogP contribution < -0.4 is 5.73 Å². The van der Waals surface area contributed by atoms with E-state index in [1.807, 2.05) is 6.33 Å². The highest BCUT2D eigenvalue weighted by Gasteiger charge is 2.10. The molecule has 0 aliphatic heterocycles. The van der Waals surface area contributed by atoms with Crippen molar-refractivity contribution in [3.8, 4) is 0 Å². The Morgan fingerprint density at radius 2 is 2.29 bits per heavy atom. The molecule has 0 aliphatic carbocycles. The molecule has 2 N–H and O–H groups in total. The van der Waals surface area contributed by atoms with Crippen LogP contribution in [0.3, 0.4) is 0 Å². The normalized spacial score (nSPS) is 13.1. The summed E-state index contributed by atoms with van der Waals surface area (Å²) < 4.78 is 2.12. The number of hydrogen-bond donors (Lipinski definition) is 1. The van der Waals surface area contributed by atoms with Gasteiger partial charge in [-0.1, -0.05) is 20.3 Å². The third-order valence-corrected chi connectivity index (χ3v) is 2.54. The largest absolute Gasteiger partial charge is 0.330 e. The molecule has 1 unspecified atom stereocenters. The van der Waals surface area contributed by atoms with Crippen LogP contribution in [0.5, 0.6) is 0 Å². The SMILES string of the molecule is CCCn1cnnc1CC(CC)CN. The predicted octanol–water partition coefficient (Wildman–Crippen LogP) is 1.22. The zero-order valence-corrected chi connectivity index (χ0v) is 9.11. The summed E-state index contributed by atoms with van der Waals surface area (Å²) in [6.45, 7) is 6.06. The average Bonchev–Trinajstić information content (AvgIpc) is 2.62. The van der Waals surface area contributed by atoms with Crippen molar-refractivity contribution in [2.24, 2.45) is 11.7 Å². The number of rotatable bonds is 6. The molecule has 1 atom stereocenters. The van der Waals surface area contributed by atoms with Gasteiger partial charge in [0.15, 0.2) is 0 Å². The van der Waals surface area contributed by atoms with Gasteiger partial charge in [0.05, 0.1) is 0 Å². The average molecular weight is 196 g/mol. The fourth-order valence-corrected chi connectivity index (χ4v) is 1.52. The van der Waals surface area contributed by atoms with Crippen LogP contribution in [0.1, 0.15) is 32.5 Å². The van der Waals surface area contributed by atoms with Crippen LogP contribution >= 0.6 is 0 Å². The summed E-state index contributed by atoms with van der Waals surface area (Å²) in [6, 6.07) is 0. The lowest BCUT2D eigenvalue weighted by Gasteiger charge is -2.11. The highest BCUT2D eigenvalue weighted by atomic mass is 15.3. The lowest BCUT2D eigenvalue weighted by atomic mass is 10.0. The minimum atomic E-state index is 0.537. The van der Waals surface area contributed by atoms with E-state index in [2.05, 4.69) is 28.6 Å². The molecule has 0 saturated carbocycles. The molecule has 0 aromatic carbocycles. The van der Waals surface area contributed by atoms with Crippen molar-refractivity contribution in [1.82, 2.24) is 14.8 Å². The van der Waals surface area contributed by atoms with Crippen molar-refractivity contribution < 1.29 is 0 Å². The van der Waals surface area contributed by atoms with E-state index in [-0.39, 0.29) is 0 Å². The lowest BCUT2D eigenvalue weighted by Crippen LogP contribution is -2.18. The van der Waals surface area contributed by atoms with E-state index < -0.39 is 0 Å². The van der Waals surface area contributed by atoms with Crippen LogP contribution in [-0.4, -0.2) is 21.3 Å². The number of aryl methyl sites for hydroxylation is 1. The summed E-state index contributed by atoms with van der Waals surface area (Å²) >= 11 is 0. The van der Waals surface area contributed by atoms with E-state index in [1.165, 1.54) is 0 Å². The van der Waals surface area contributed by atoms with Crippen LogP contribution in [0.2, 0.25) is 0 Å². The van der Waals surface area contributed by atoms with Crippen LogP contribution in [0, 0.1) is 5.92 Å². The topological polar surface area (TPSA) is 56.7 Å². The standard InChI is InChI=1S/C10H20N4/c1-3-5-14-8-12-13-10(14)6-9(4-2)7-11/h8-9H,3-7,11H2,1-2H3. The van der Waals surface area contributed by atoms with Gasteiger partial charge < -0.3 is 10.3 Å². The Morgan fingerprint density at radius 3 is 2.86 bits per heavy atom. The smallest absolute Gasteiger partial charge is 0.133 e. The first kappa shape index (κ1) is 11.2. The Labute approximate surface area is 85.5 Å². The molecule has 0 aliphatic rings. The van der Waals surface area contributed by atoms with Gasteiger partial charge >= 0.3 is 0 Å². The number of hydrogen-bond acceptors (Lipinski definition) is 3.